The van der Waals surface area contributed by atoms with Crippen molar-refractivity contribution in [3.05, 3.63) is 35.4 Å². The Morgan fingerprint density at radius 3 is 2.38 bits per heavy atom. The Labute approximate surface area is 94.7 Å². The molecule has 1 aromatic rings. The Morgan fingerprint density at radius 2 is 1.81 bits per heavy atom. The van der Waals surface area contributed by atoms with E-state index in [0.717, 1.165) is 17.7 Å². The third kappa shape index (κ3) is 4.77. The molecule has 5 N–H and O–H groups in total. The molecule has 0 spiro atoms. The number of primary amides is 1. The van der Waals surface area contributed by atoms with Gasteiger partial charge in [-0.15, -0.1) is 0 Å². The zero-order valence-electron chi connectivity index (χ0n) is 9.07. The summed E-state index contributed by atoms with van der Waals surface area (Å²) < 4.78 is 0. The molecule has 2 amide bonds. The lowest BCUT2D eigenvalue weighted by Gasteiger charge is -2.05. The molecule has 88 valence electrons. The molecule has 0 unspecified atom stereocenters. The second kappa shape index (κ2) is 6.81. The van der Waals surface area contributed by atoms with E-state index in [1.807, 2.05) is 24.3 Å². The molecule has 1 aromatic carbocycles. The molecule has 0 atom stereocenters. The van der Waals surface area contributed by atoms with Gasteiger partial charge in [-0.25, -0.2) is 4.79 Å². The van der Waals surface area contributed by atoms with E-state index >= 15 is 0 Å². The molecular weight excluding hydrogens is 206 g/mol. The minimum Gasteiger partial charge on any atom is -0.392 e. The van der Waals surface area contributed by atoms with Gasteiger partial charge in [-0.3, -0.25) is 0 Å². The Hall–Kier alpha value is -1.59. The van der Waals surface area contributed by atoms with E-state index < -0.39 is 6.03 Å². The van der Waals surface area contributed by atoms with Gasteiger partial charge in [0.2, 0.25) is 0 Å². The number of rotatable bonds is 6. The van der Waals surface area contributed by atoms with E-state index in [1.165, 1.54) is 0 Å². The van der Waals surface area contributed by atoms with Gasteiger partial charge in [-0.1, -0.05) is 24.3 Å². The van der Waals surface area contributed by atoms with Crippen molar-refractivity contribution in [1.82, 2.24) is 10.6 Å². The van der Waals surface area contributed by atoms with Crippen LogP contribution in [0.25, 0.3) is 0 Å². The first kappa shape index (κ1) is 12.5. The van der Waals surface area contributed by atoms with E-state index in [-0.39, 0.29) is 6.61 Å². The number of urea groups is 1. The first-order chi connectivity index (χ1) is 7.72. The normalized spacial score (nSPS) is 10.1. The maximum atomic E-state index is 10.4. The molecule has 0 heterocycles. The molecule has 0 saturated carbocycles. The number of hydrogen-bond donors (Lipinski definition) is 4. The van der Waals surface area contributed by atoms with Crippen molar-refractivity contribution in [3.8, 4) is 0 Å². The number of hydrogen-bond acceptors (Lipinski definition) is 3. The largest absolute Gasteiger partial charge is 0.392 e. The van der Waals surface area contributed by atoms with Crippen LogP contribution >= 0.6 is 0 Å². The first-order valence-corrected chi connectivity index (χ1v) is 5.15. The standard InChI is InChI=1S/C11H17N3O2/c12-11(16)14-6-5-13-7-9-1-3-10(8-15)4-2-9/h1-4,13,15H,5-8H2,(H3,12,14,16). The average Bonchev–Trinajstić information content (AvgIpc) is 2.29. The van der Waals surface area contributed by atoms with Crippen molar-refractivity contribution in [2.75, 3.05) is 13.1 Å². The van der Waals surface area contributed by atoms with Gasteiger partial charge in [0.25, 0.3) is 0 Å². The van der Waals surface area contributed by atoms with Crippen LogP contribution in [-0.4, -0.2) is 24.2 Å². The number of amides is 2. The average molecular weight is 223 g/mol. The summed E-state index contributed by atoms with van der Waals surface area (Å²) in [6, 6.07) is 7.19. The Balaban J connectivity index is 2.19. The zero-order valence-corrected chi connectivity index (χ0v) is 9.07. The van der Waals surface area contributed by atoms with Gasteiger partial charge in [-0.2, -0.15) is 0 Å². The van der Waals surface area contributed by atoms with Crippen LogP contribution in [0, 0.1) is 0 Å². The monoisotopic (exact) mass is 223 g/mol. The molecule has 0 aliphatic rings. The molecule has 0 aliphatic heterocycles. The molecule has 5 nitrogen and oxygen atoms in total. The van der Waals surface area contributed by atoms with Gasteiger partial charge in [0, 0.05) is 19.6 Å². The fourth-order valence-corrected chi connectivity index (χ4v) is 1.27. The highest BCUT2D eigenvalue weighted by molar-refractivity contribution is 5.71. The maximum absolute atomic E-state index is 10.4. The number of carbonyl (C=O) groups excluding carboxylic acids is 1. The molecule has 5 heteroatoms. The van der Waals surface area contributed by atoms with Crippen LogP contribution in [0.5, 0.6) is 0 Å². The van der Waals surface area contributed by atoms with E-state index in [4.69, 9.17) is 10.8 Å². The van der Waals surface area contributed by atoms with Crippen LogP contribution in [0.2, 0.25) is 0 Å². The number of nitrogens with two attached hydrogens (primary N) is 1. The lowest BCUT2D eigenvalue weighted by molar-refractivity contribution is 0.249. The number of aliphatic hydroxyl groups excluding tert-OH is 1. The predicted octanol–water partition coefficient (Wildman–Crippen LogP) is -0.0632. The SMILES string of the molecule is NC(=O)NCCNCc1ccc(CO)cc1. The summed E-state index contributed by atoms with van der Waals surface area (Å²) in [4.78, 5) is 10.4. The molecule has 0 radical (unpaired) electrons. The van der Waals surface area contributed by atoms with E-state index in [9.17, 15) is 4.79 Å². The summed E-state index contributed by atoms with van der Waals surface area (Å²) in [7, 11) is 0. The molecular formula is C11H17N3O2. The van der Waals surface area contributed by atoms with Gasteiger partial charge >= 0.3 is 6.03 Å². The minimum absolute atomic E-state index is 0.0657. The van der Waals surface area contributed by atoms with E-state index in [2.05, 4.69) is 10.6 Å². The smallest absolute Gasteiger partial charge is 0.312 e. The molecule has 0 bridgehead atoms. The summed E-state index contributed by atoms with van der Waals surface area (Å²) in [5.74, 6) is 0. The third-order valence-electron chi connectivity index (χ3n) is 2.14. The molecule has 0 saturated heterocycles. The fraction of sp³-hybridized carbons (Fsp3) is 0.364. The third-order valence-corrected chi connectivity index (χ3v) is 2.14. The lowest BCUT2D eigenvalue weighted by atomic mass is 10.1. The highest BCUT2D eigenvalue weighted by Crippen LogP contribution is 2.03. The van der Waals surface area contributed by atoms with Crippen LogP contribution in [0.15, 0.2) is 24.3 Å². The van der Waals surface area contributed by atoms with Crippen LogP contribution in [0.4, 0.5) is 4.79 Å². The number of nitrogens with one attached hydrogen (secondary N) is 2. The maximum Gasteiger partial charge on any atom is 0.312 e. The van der Waals surface area contributed by atoms with Gasteiger partial charge < -0.3 is 21.5 Å². The van der Waals surface area contributed by atoms with Crippen LogP contribution < -0.4 is 16.4 Å². The lowest BCUT2D eigenvalue weighted by Crippen LogP contribution is -2.35. The summed E-state index contributed by atoms with van der Waals surface area (Å²) in [6.07, 6.45) is 0. The number of aliphatic hydroxyl groups is 1. The molecule has 16 heavy (non-hydrogen) atoms. The van der Waals surface area contributed by atoms with Gasteiger partial charge in [0.1, 0.15) is 0 Å². The van der Waals surface area contributed by atoms with Crippen molar-refractivity contribution in [2.45, 2.75) is 13.2 Å². The van der Waals surface area contributed by atoms with Crippen molar-refractivity contribution in [2.24, 2.45) is 5.73 Å². The van der Waals surface area contributed by atoms with Crippen LogP contribution in [0.3, 0.4) is 0 Å². The number of benzene rings is 1. The topological polar surface area (TPSA) is 87.4 Å². The van der Waals surface area contributed by atoms with Crippen molar-refractivity contribution >= 4 is 6.03 Å². The minimum atomic E-state index is -0.505. The van der Waals surface area contributed by atoms with Crippen molar-refractivity contribution < 1.29 is 9.90 Å². The molecule has 1 rings (SSSR count). The highest BCUT2D eigenvalue weighted by atomic mass is 16.3. The molecule has 0 aromatic heterocycles. The summed E-state index contributed by atoms with van der Waals surface area (Å²) in [5, 5.41) is 14.5. The highest BCUT2D eigenvalue weighted by Gasteiger charge is 1.94. The quantitative estimate of drug-likeness (QED) is 0.509. The zero-order chi connectivity index (χ0) is 11.8. The Kier molecular flexibility index (Phi) is 5.31. The van der Waals surface area contributed by atoms with Gasteiger partial charge in [0.05, 0.1) is 6.61 Å². The van der Waals surface area contributed by atoms with Crippen molar-refractivity contribution in [1.29, 1.82) is 0 Å². The molecule has 0 fully saturated rings. The predicted molar refractivity (Wildman–Crippen MR) is 61.7 cm³/mol. The van der Waals surface area contributed by atoms with Crippen LogP contribution in [-0.2, 0) is 13.2 Å². The van der Waals surface area contributed by atoms with Crippen molar-refractivity contribution in [3.63, 3.8) is 0 Å². The fourth-order valence-electron chi connectivity index (χ4n) is 1.27. The number of carbonyl (C=O) groups is 1. The van der Waals surface area contributed by atoms with Gasteiger partial charge in [-0.05, 0) is 11.1 Å². The second-order valence-electron chi connectivity index (χ2n) is 3.44. The van der Waals surface area contributed by atoms with Gasteiger partial charge in [0.15, 0.2) is 0 Å². The summed E-state index contributed by atoms with van der Waals surface area (Å²) >= 11 is 0. The second-order valence-corrected chi connectivity index (χ2v) is 3.44. The van der Waals surface area contributed by atoms with E-state index in [0.29, 0.717) is 13.1 Å². The molecule has 0 aliphatic carbocycles. The summed E-state index contributed by atoms with van der Waals surface area (Å²) in [6.45, 7) is 1.98. The first-order valence-electron chi connectivity index (χ1n) is 5.15. The van der Waals surface area contributed by atoms with E-state index in [1.54, 1.807) is 0 Å². The summed E-state index contributed by atoms with van der Waals surface area (Å²) in [5.41, 5.74) is 6.95. The van der Waals surface area contributed by atoms with Crippen LogP contribution in [0.1, 0.15) is 11.1 Å². The Bertz CT molecular complexity index is 325. The Morgan fingerprint density at radius 1 is 1.19 bits per heavy atom.